The van der Waals surface area contributed by atoms with Crippen LogP contribution in [0.3, 0.4) is 0 Å². The average Bonchev–Trinajstić information content (AvgIpc) is 3.04. The number of halogens is 2. The molecule has 4 nitrogen and oxygen atoms in total. The minimum atomic E-state index is -0.254. The lowest BCUT2D eigenvalue weighted by Gasteiger charge is -2.01. The molecule has 6 heteroatoms. The molecule has 3 rings (SSSR count). The lowest BCUT2D eigenvalue weighted by molar-refractivity contribution is 0.0954. The Bertz CT molecular complexity index is 888. The molecule has 0 fully saturated rings. The highest BCUT2D eigenvalue weighted by atomic mass is 127. The van der Waals surface area contributed by atoms with Crippen molar-refractivity contribution in [3.05, 3.63) is 80.0 Å². The first-order valence-electron chi connectivity index (χ1n) is 7.07. The average molecular weight is 495 g/mol. The third kappa shape index (κ3) is 4.12. The lowest BCUT2D eigenvalue weighted by Crippen LogP contribution is -2.18. The van der Waals surface area contributed by atoms with Crippen LogP contribution >= 0.6 is 38.5 Å². The third-order valence-electron chi connectivity index (χ3n) is 3.23. The van der Waals surface area contributed by atoms with Gasteiger partial charge >= 0.3 is 0 Å². The number of hydrogen-bond donors (Lipinski definition) is 1. The second-order valence-electron chi connectivity index (χ2n) is 4.89. The molecule has 0 saturated heterocycles. The zero-order valence-electron chi connectivity index (χ0n) is 12.4. The molecule has 0 radical (unpaired) electrons. The molecule has 0 aliphatic heterocycles. The van der Waals surface area contributed by atoms with Gasteiger partial charge in [0, 0.05) is 13.6 Å². The van der Waals surface area contributed by atoms with Crippen molar-refractivity contribution in [2.75, 3.05) is 0 Å². The van der Waals surface area contributed by atoms with E-state index in [9.17, 15) is 4.79 Å². The van der Waals surface area contributed by atoms with E-state index in [0.717, 1.165) is 19.4 Å². The minimum absolute atomic E-state index is 0.254. The smallest absolute Gasteiger partial charge is 0.272 e. The number of nitrogens with zero attached hydrogens (tertiary/aromatic N) is 1. The Morgan fingerprint density at radius 1 is 1.08 bits per heavy atom. The second-order valence-corrected chi connectivity index (χ2v) is 6.97. The highest BCUT2D eigenvalue weighted by molar-refractivity contribution is 14.1. The number of benzene rings is 2. The first-order chi connectivity index (χ1) is 11.6. The van der Waals surface area contributed by atoms with Crippen molar-refractivity contribution in [1.29, 1.82) is 0 Å². The molecule has 1 N–H and O–H groups in total. The van der Waals surface area contributed by atoms with Gasteiger partial charge in [-0.15, -0.1) is 0 Å². The first kappa shape index (κ1) is 16.9. The summed E-state index contributed by atoms with van der Waals surface area (Å²) >= 11 is 5.52. The van der Waals surface area contributed by atoms with E-state index in [2.05, 4.69) is 49.0 Å². The molecule has 2 aromatic carbocycles. The Balaban J connectivity index is 1.66. The topological polar surface area (TPSA) is 54.6 Å². The van der Waals surface area contributed by atoms with Crippen LogP contribution in [0.1, 0.15) is 16.1 Å². The van der Waals surface area contributed by atoms with Crippen LogP contribution in [0, 0.1) is 3.57 Å². The summed E-state index contributed by atoms with van der Waals surface area (Å²) in [5, 5.41) is 3.95. The largest absolute Gasteiger partial charge is 0.455 e. The van der Waals surface area contributed by atoms with E-state index in [1.54, 1.807) is 12.1 Å². The quantitative estimate of drug-likeness (QED) is 0.312. The zero-order chi connectivity index (χ0) is 16.9. The fourth-order valence-corrected chi connectivity index (χ4v) is 2.95. The summed E-state index contributed by atoms with van der Waals surface area (Å²) in [4.78, 5) is 12.0. The Morgan fingerprint density at radius 2 is 1.83 bits per heavy atom. The van der Waals surface area contributed by atoms with Gasteiger partial charge in [-0.3, -0.25) is 4.79 Å². The molecule has 120 valence electrons. The van der Waals surface area contributed by atoms with Crippen LogP contribution in [0.4, 0.5) is 0 Å². The summed E-state index contributed by atoms with van der Waals surface area (Å²) in [7, 11) is 0. The molecule has 1 amide bonds. The molecule has 0 saturated carbocycles. The maximum atomic E-state index is 12.0. The van der Waals surface area contributed by atoms with Crippen molar-refractivity contribution in [3.63, 3.8) is 0 Å². The predicted molar refractivity (Wildman–Crippen MR) is 106 cm³/mol. The molecule has 0 aliphatic carbocycles. The van der Waals surface area contributed by atoms with Crippen molar-refractivity contribution in [1.82, 2.24) is 5.43 Å². The predicted octanol–water partition coefficient (Wildman–Crippen LogP) is 5.08. The van der Waals surface area contributed by atoms with Gasteiger partial charge in [0.05, 0.1) is 11.8 Å². The van der Waals surface area contributed by atoms with Crippen LogP contribution in [0.2, 0.25) is 0 Å². The molecule has 1 aromatic heterocycles. The van der Waals surface area contributed by atoms with Crippen LogP contribution < -0.4 is 5.43 Å². The molecule has 0 spiro atoms. The third-order valence-corrected chi connectivity index (χ3v) is 4.70. The molecule has 0 aliphatic rings. The minimum Gasteiger partial charge on any atom is -0.455 e. The highest BCUT2D eigenvalue weighted by Gasteiger charge is 2.08. The van der Waals surface area contributed by atoms with Crippen molar-refractivity contribution < 1.29 is 9.21 Å². The molecule has 3 aromatic rings. The van der Waals surface area contributed by atoms with Gasteiger partial charge in [-0.25, -0.2) is 5.43 Å². The van der Waals surface area contributed by atoms with Gasteiger partial charge in [-0.1, -0.05) is 40.2 Å². The van der Waals surface area contributed by atoms with E-state index in [1.165, 1.54) is 6.21 Å². The molecule has 0 atom stereocenters. The van der Waals surface area contributed by atoms with Crippen molar-refractivity contribution >= 4 is 50.6 Å². The number of carbonyl (C=O) groups excluding carboxylic acids is 1. The molecular weight excluding hydrogens is 483 g/mol. The number of rotatable bonds is 4. The fourth-order valence-electron chi connectivity index (χ4n) is 2.05. The van der Waals surface area contributed by atoms with E-state index in [-0.39, 0.29) is 5.91 Å². The zero-order valence-corrected chi connectivity index (χ0v) is 16.1. The molecular formula is C18H12BrIN2O2. The molecule has 24 heavy (non-hydrogen) atoms. The van der Waals surface area contributed by atoms with Crippen LogP contribution in [0.25, 0.3) is 11.3 Å². The standard InChI is InChI=1S/C18H12BrIN2O2/c19-13-7-5-12(6-8-13)17-10-9-14(24-17)11-21-22-18(23)15-3-1-2-4-16(15)20/h1-11H,(H,22,23)/b21-11+. The van der Waals surface area contributed by atoms with Crippen molar-refractivity contribution in [3.8, 4) is 11.3 Å². The number of carbonyl (C=O) groups is 1. The van der Waals surface area contributed by atoms with Gasteiger partial charge in [0.25, 0.3) is 5.91 Å². The summed E-state index contributed by atoms with van der Waals surface area (Å²) < 4.78 is 7.59. The normalized spacial score (nSPS) is 10.9. The van der Waals surface area contributed by atoms with E-state index < -0.39 is 0 Å². The number of nitrogens with one attached hydrogen (secondary N) is 1. The van der Waals surface area contributed by atoms with E-state index in [1.807, 2.05) is 48.5 Å². The Hall–Kier alpha value is -1.93. The van der Waals surface area contributed by atoms with Crippen LogP contribution in [0.5, 0.6) is 0 Å². The maximum absolute atomic E-state index is 12.0. The van der Waals surface area contributed by atoms with Crippen LogP contribution in [-0.2, 0) is 0 Å². The molecule has 0 bridgehead atoms. The Labute approximate surface area is 161 Å². The number of amides is 1. The monoisotopic (exact) mass is 494 g/mol. The van der Waals surface area contributed by atoms with Gasteiger partial charge in [0.1, 0.15) is 11.5 Å². The number of furan rings is 1. The van der Waals surface area contributed by atoms with Crippen molar-refractivity contribution in [2.24, 2.45) is 5.10 Å². The maximum Gasteiger partial charge on any atom is 0.272 e. The Morgan fingerprint density at radius 3 is 2.58 bits per heavy atom. The van der Waals surface area contributed by atoms with Crippen LogP contribution in [0.15, 0.2) is 74.7 Å². The molecule has 1 heterocycles. The van der Waals surface area contributed by atoms with E-state index >= 15 is 0 Å². The van der Waals surface area contributed by atoms with E-state index in [4.69, 9.17) is 4.42 Å². The summed E-state index contributed by atoms with van der Waals surface area (Å²) in [5.74, 6) is 1.06. The van der Waals surface area contributed by atoms with Gasteiger partial charge < -0.3 is 4.42 Å². The van der Waals surface area contributed by atoms with Gasteiger partial charge in [0.15, 0.2) is 0 Å². The van der Waals surface area contributed by atoms with Crippen LogP contribution in [-0.4, -0.2) is 12.1 Å². The second kappa shape index (κ2) is 7.76. The fraction of sp³-hybridized carbons (Fsp3) is 0. The number of hydrogen-bond acceptors (Lipinski definition) is 3. The summed E-state index contributed by atoms with van der Waals surface area (Å²) in [6.45, 7) is 0. The lowest BCUT2D eigenvalue weighted by atomic mass is 10.2. The SMILES string of the molecule is O=C(N/N=C/c1ccc(-c2ccc(Br)cc2)o1)c1ccccc1I. The van der Waals surface area contributed by atoms with Gasteiger partial charge in [-0.05, 0) is 59.0 Å². The van der Waals surface area contributed by atoms with E-state index in [0.29, 0.717) is 11.3 Å². The highest BCUT2D eigenvalue weighted by Crippen LogP contribution is 2.23. The number of hydrazone groups is 1. The summed E-state index contributed by atoms with van der Waals surface area (Å²) in [6.07, 6.45) is 1.48. The summed E-state index contributed by atoms with van der Waals surface area (Å²) in [5.41, 5.74) is 4.07. The molecule has 0 unspecified atom stereocenters. The first-order valence-corrected chi connectivity index (χ1v) is 8.94. The summed E-state index contributed by atoms with van der Waals surface area (Å²) in [6, 6.07) is 18.8. The Kier molecular flexibility index (Phi) is 5.47. The van der Waals surface area contributed by atoms with Crippen molar-refractivity contribution in [2.45, 2.75) is 0 Å². The van der Waals surface area contributed by atoms with Gasteiger partial charge in [0.2, 0.25) is 0 Å². The van der Waals surface area contributed by atoms with Gasteiger partial charge in [-0.2, -0.15) is 5.10 Å².